The second-order valence-corrected chi connectivity index (χ2v) is 7.93. The maximum absolute atomic E-state index is 13.3. The first-order chi connectivity index (χ1) is 15.0. The van der Waals surface area contributed by atoms with Crippen molar-refractivity contribution in [3.05, 3.63) is 40.5 Å². The van der Waals surface area contributed by atoms with Crippen LogP contribution in [0.4, 0.5) is 0 Å². The molecule has 0 aromatic heterocycles. The van der Waals surface area contributed by atoms with Crippen molar-refractivity contribution in [2.75, 3.05) is 13.2 Å². The predicted octanol–water partition coefficient (Wildman–Crippen LogP) is 4.80. The molecule has 2 aliphatic rings. The van der Waals surface area contributed by atoms with Crippen LogP contribution < -0.4 is 9.47 Å². The highest BCUT2D eigenvalue weighted by molar-refractivity contribution is 6.19. The molecule has 0 spiro atoms. The van der Waals surface area contributed by atoms with Crippen molar-refractivity contribution in [2.24, 2.45) is 0 Å². The number of nitriles is 1. The minimum atomic E-state index is -0.469. The zero-order valence-corrected chi connectivity index (χ0v) is 18.6. The Hall–Kier alpha value is -3.07. The van der Waals surface area contributed by atoms with E-state index in [1.165, 1.54) is 4.90 Å². The number of imide groups is 1. The Morgan fingerprint density at radius 1 is 1.13 bits per heavy atom. The zero-order valence-electron chi connectivity index (χ0n) is 18.6. The molecule has 1 heterocycles. The van der Waals surface area contributed by atoms with Crippen LogP contribution in [0.5, 0.6) is 11.5 Å². The van der Waals surface area contributed by atoms with E-state index >= 15 is 0 Å². The van der Waals surface area contributed by atoms with Gasteiger partial charge in [-0.3, -0.25) is 14.5 Å². The van der Waals surface area contributed by atoms with Crippen molar-refractivity contribution in [3.8, 4) is 17.6 Å². The minimum Gasteiger partial charge on any atom is -0.490 e. The third-order valence-electron chi connectivity index (χ3n) is 5.80. The van der Waals surface area contributed by atoms with E-state index in [9.17, 15) is 14.9 Å². The average Bonchev–Trinajstić information content (AvgIpc) is 3.27. The van der Waals surface area contributed by atoms with Gasteiger partial charge in [-0.05, 0) is 62.5 Å². The van der Waals surface area contributed by atoms with Crippen LogP contribution in [-0.2, 0) is 9.59 Å². The van der Waals surface area contributed by atoms with Gasteiger partial charge in [-0.15, -0.1) is 0 Å². The molecule has 3 rings (SSSR count). The van der Waals surface area contributed by atoms with Gasteiger partial charge in [0.05, 0.1) is 13.2 Å². The summed E-state index contributed by atoms with van der Waals surface area (Å²) in [5.74, 6) is 0.487. The molecule has 0 atom stereocenters. The van der Waals surface area contributed by atoms with E-state index in [-0.39, 0.29) is 17.5 Å². The fourth-order valence-corrected chi connectivity index (χ4v) is 4.09. The monoisotopic (exact) mass is 422 g/mol. The highest BCUT2D eigenvalue weighted by Crippen LogP contribution is 2.34. The summed E-state index contributed by atoms with van der Waals surface area (Å²) in [5, 5.41) is 9.59. The third kappa shape index (κ3) is 4.82. The molecule has 0 N–H and O–H groups in total. The summed E-state index contributed by atoms with van der Waals surface area (Å²) in [5.41, 5.74) is 1.60. The quantitative estimate of drug-likeness (QED) is 0.342. The van der Waals surface area contributed by atoms with Gasteiger partial charge in [-0.1, -0.05) is 32.3 Å². The molecule has 164 valence electrons. The lowest BCUT2D eigenvalue weighted by molar-refractivity contribution is -0.143. The van der Waals surface area contributed by atoms with Crippen LogP contribution in [0.2, 0.25) is 0 Å². The molecule has 2 amide bonds. The maximum Gasteiger partial charge on any atom is 0.271 e. The largest absolute Gasteiger partial charge is 0.490 e. The van der Waals surface area contributed by atoms with Gasteiger partial charge in [0.2, 0.25) is 0 Å². The highest BCUT2D eigenvalue weighted by Gasteiger charge is 2.40. The van der Waals surface area contributed by atoms with Gasteiger partial charge >= 0.3 is 0 Å². The van der Waals surface area contributed by atoms with Crippen molar-refractivity contribution >= 4 is 17.9 Å². The molecule has 1 aromatic carbocycles. The van der Waals surface area contributed by atoms with Crippen LogP contribution in [0.1, 0.15) is 64.9 Å². The fourth-order valence-electron chi connectivity index (χ4n) is 4.09. The molecule has 1 saturated carbocycles. The summed E-state index contributed by atoms with van der Waals surface area (Å²) >= 11 is 0. The molecule has 1 aliphatic carbocycles. The summed E-state index contributed by atoms with van der Waals surface area (Å²) in [6.45, 7) is 6.78. The van der Waals surface area contributed by atoms with Crippen LogP contribution in [0.15, 0.2) is 34.9 Å². The first-order valence-corrected chi connectivity index (χ1v) is 11.1. The standard InChI is InChI=1S/C25H30N2O4/c1-4-6-13-31-22-12-11-18(15-23(22)30-5-2)14-20-17(3)21(16-26)25(29)27(24(20)28)19-9-7-8-10-19/h11-12,14-15,19H,4-10,13H2,1-3H3/b20-14+. The normalized spacial score (nSPS) is 18.6. The Labute approximate surface area is 184 Å². The molecule has 1 aliphatic heterocycles. The number of nitrogens with zero attached hydrogens (tertiary/aromatic N) is 2. The van der Waals surface area contributed by atoms with Crippen LogP contribution in [0.3, 0.4) is 0 Å². The van der Waals surface area contributed by atoms with Gasteiger partial charge < -0.3 is 9.47 Å². The molecule has 0 saturated heterocycles. The fraction of sp³-hybridized carbons (Fsp3) is 0.480. The topological polar surface area (TPSA) is 79.6 Å². The number of ether oxygens (including phenoxy) is 2. The van der Waals surface area contributed by atoms with Crippen LogP contribution in [-0.4, -0.2) is 36.0 Å². The summed E-state index contributed by atoms with van der Waals surface area (Å²) in [6.07, 6.45) is 7.30. The molecule has 1 fully saturated rings. The summed E-state index contributed by atoms with van der Waals surface area (Å²) in [7, 11) is 0. The van der Waals surface area contributed by atoms with E-state index in [0.717, 1.165) is 44.1 Å². The van der Waals surface area contributed by atoms with E-state index in [4.69, 9.17) is 9.47 Å². The van der Waals surface area contributed by atoms with Gasteiger partial charge in [-0.2, -0.15) is 5.26 Å². The zero-order chi connectivity index (χ0) is 22.4. The molecule has 0 radical (unpaired) electrons. The number of unbranched alkanes of at least 4 members (excludes halogenated alkanes) is 1. The number of hydrogen-bond acceptors (Lipinski definition) is 5. The van der Waals surface area contributed by atoms with E-state index < -0.39 is 5.91 Å². The van der Waals surface area contributed by atoms with Crippen molar-refractivity contribution in [3.63, 3.8) is 0 Å². The summed E-state index contributed by atoms with van der Waals surface area (Å²) in [4.78, 5) is 27.4. The SMILES string of the molecule is CCCCOc1ccc(/C=C2/C(=O)N(C3CCCC3)C(=O)C(C#N)=C2C)cc1OCC. The van der Waals surface area contributed by atoms with E-state index in [1.807, 2.05) is 31.2 Å². The van der Waals surface area contributed by atoms with Crippen molar-refractivity contribution < 1.29 is 19.1 Å². The Balaban J connectivity index is 1.99. The highest BCUT2D eigenvalue weighted by atomic mass is 16.5. The van der Waals surface area contributed by atoms with Gasteiger partial charge in [0.1, 0.15) is 11.6 Å². The lowest BCUT2D eigenvalue weighted by atomic mass is 9.92. The van der Waals surface area contributed by atoms with E-state index in [0.29, 0.717) is 35.9 Å². The number of rotatable bonds is 8. The van der Waals surface area contributed by atoms with Crippen molar-refractivity contribution in [1.82, 2.24) is 4.90 Å². The molecule has 6 nitrogen and oxygen atoms in total. The molecule has 1 aromatic rings. The van der Waals surface area contributed by atoms with Gasteiger partial charge in [0.25, 0.3) is 11.8 Å². The molecule has 31 heavy (non-hydrogen) atoms. The summed E-state index contributed by atoms with van der Waals surface area (Å²) < 4.78 is 11.6. The molecule has 0 bridgehead atoms. The average molecular weight is 423 g/mol. The van der Waals surface area contributed by atoms with Gasteiger partial charge in [-0.25, -0.2) is 0 Å². The number of amides is 2. The molecule has 0 unspecified atom stereocenters. The van der Waals surface area contributed by atoms with Crippen molar-refractivity contribution in [1.29, 1.82) is 5.26 Å². The van der Waals surface area contributed by atoms with Gasteiger partial charge in [0.15, 0.2) is 11.5 Å². The molecular weight excluding hydrogens is 392 g/mol. The lowest BCUT2D eigenvalue weighted by Gasteiger charge is -2.32. The summed E-state index contributed by atoms with van der Waals surface area (Å²) in [6, 6.07) is 7.41. The Morgan fingerprint density at radius 3 is 2.52 bits per heavy atom. The Kier molecular flexibility index (Phi) is 7.51. The number of carbonyl (C=O) groups excluding carboxylic acids is 2. The molecular formula is C25H30N2O4. The first-order valence-electron chi connectivity index (χ1n) is 11.1. The lowest BCUT2D eigenvalue weighted by Crippen LogP contribution is -2.47. The van der Waals surface area contributed by atoms with E-state index in [1.54, 1.807) is 13.0 Å². The van der Waals surface area contributed by atoms with Crippen LogP contribution in [0, 0.1) is 11.3 Å². The second kappa shape index (κ2) is 10.3. The predicted molar refractivity (Wildman–Crippen MR) is 118 cm³/mol. The Bertz CT molecular complexity index is 949. The molecule has 6 heteroatoms. The number of hydrogen-bond donors (Lipinski definition) is 0. The Morgan fingerprint density at radius 2 is 1.87 bits per heavy atom. The minimum absolute atomic E-state index is 0.0438. The smallest absolute Gasteiger partial charge is 0.271 e. The third-order valence-corrected chi connectivity index (χ3v) is 5.80. The second-order valence-electron chi connectivity index (χ2n) is 7.93. The first kappa shape index (κ1) is 22.6. The van der Waals surface area contributed by atoms with Crippen molar-refractivity contribution in [2.45, 2.75) is 65.3 Å². The van der Waals surface area contributed by atoms with Gasteiger partial charge in [0, 0.05) is 11.6 Å². The van der Waals surface area contributed by atoms with E-state index in [2.05, 4.69) is 6.92 Å². The maximum atomic E-state index is 13.3. The van der Waals surface area contributed by atoms with Crippen LogP contribution >= 0.6 is 0 Å². The number of benzene rings is 1. The van der Waals surface area contributed by atoms with Crippen LogP contribution in [0.25, 0.3) is 6.08 Å². The number of carbonyl (C=O) groups is 2.